The van der Waals surface area contributed by atoms with Gasteiger partial charge in [0.05, 0.1) is 6.54 Å². The van der Waals surface area contributed by atoms with Crippen molar-refractivity contribution in [3.63, 3.8) is 0 Å². The minimum atomic E-state index is -0.861. The Bertz CT molecular complexity index is 1780. The molecule has 2 rings (SSSR count). The van der Waals surface area contributed by atoms with Crippen molar-refractivity contribution in [2.24, 2.45) is 0 Å². The molecule has 2 aromatic carbocycles. The van der Waals surface area contributed by atoms with E-state index in [-0.39, 0.29) is 61.9 Å². The molecule has 0 fully saturated rings. The molecule has 14 nitrogen and oxygen atoms in total. The van der Waals surface area contributed by atoms with Gasteiger partial charge in [-0.15, -0.1) is 0 Å². The maximum absolute atomic E-state index is 12.5. The number of nitriles is 2. The number of rotatable bonds is 19. The summed E-state index contributed by atoms with van der Waals surface area (Å²) in [5.74, 6) is -3.37. The minimum Gasteiger partial charge on any atom is -0.462 e. The van der Waals surface area contributed by atoms with Crippen LogP contribution in [0.3, 0.4) is 0 Å². The summed E-state index contributed by atoms with van der Waals surface area (Å²) in [4.78, 5) is 63.3. The topological polar surface area (TPSA) is 186 Å². The van der Waals surface area contributed by atoms with Crippen molar-refractivity contribution in [3.05, 3.63) is 95.1 Å². The standard InChI is InChI=1S/C38H40N4O10/c1-26(2)35(44)49-17-19-51-37(46)30(23-39)21-28-7-11-32(12-8-28)41(5)15-16-48-34(43)25-42(6)33-13-9-29(10-14-33)22-31(24-40)38(47)52-20-18-50-36(45)27(3)4/h7-14,21-22H,1,3,15-20,25H2,2,4-6H3/b30-21+,31-22+. The maximum Gasteiger partial charge on any atom is 0.349 e. The van der Waals surface area contributed by atoms with E-state index in [1.807, 2.05) is 11.9 Å². The molecule has 0 bridgehead atoms. The molecule has 0 atom stereocenters. The van der Waals surface area contributed by atoms with Gasteiger partial charge < -0.3 is 33.5 Å². The summed E-state index contributed by atoms with van der Waals surface area (Å²) >= 11 is 0. The van der Waals surface area contributed by atoms with Gasteiger partial charge in [0, 0.05) is 36.6 Å². The van der Waals surface area contributed by atoms with Gasteiger partial charge in [0.25, 0.3) is 0 Å². The van der Waals surface area contributed by atoms with Crippen LogP contribution in [0, 0.1) is 22.7 Å². The second kappa shape index (κ2) is 21.4. The zero-order valence-electron chi connectivity index (χ0n) is 29.5. The summed E-state index contributed by atoms with van der Waals surface area (Å²) in [5.41, 5.74) is 2.60. The Kier molecular flexibility index (Phi) is 17.1. The monoisotopic (exact) mass is 712 g/mol. The number of hydrogen-bond acceptors (Lipinski definition) is 14. The molecule has 0 aliphatic rings. The minimum absolute atomic E-state index is 0.0328. The highest BCUT2D eigenvalue weighted by Crippen LogP contribution is 2.18. The number of carbonyl (C=O) groups is 5. The van der Waals surface area contributed by atoms with Gasteiger partial charge in [0.15, 0.2) is 0 Å². The predicted octanol–water partition coefficient (Wildman–Crippen LogP) is 3.94. The van der Waals surface area contributed by atoms with Gasteiger partial charge in [-0.1, -0.05) is 37.4 Å². The first kappa shape index (κ1) is 41.5. The third kappa shape index (κ3) is 14.4. The number of ether oxygens (including phenoxy) is 5. The van der Waals surface area contributed by atoms with Crippen molar-refractivity contribution in [2.45, 2.75) is 13.8 Å². The highest BCUT2D eigenvalue weighted by Gasteiger charge is 2.14. The van der Waals surface area contributed by atoms with Gasteiger partial charge in [-0.2, -0.15) is 10.5 Å². The summed E-state index contributed by atoms with van der Waals surface area (Å²) in [7, 11) is 3.53. The van der Waals surface area contributed by atoms with Crippen LogP contribution in [0.2, 0.25) is 0 Å². The third-order valence-corrected chi connectivity index (χ3v) is 6.82. The van der Waals surface area contributed by atoms with Crippen molar-refractivity contribution in [1.29, 1.82) is 10.5 Å². The Balaban J connectivity index is 1.81. The molecule has 14 heteroatoms. The van der Waals surface area contributed by atoms with Gasteiger partial charge >= 0.3 is 29.8 Å². The number of carbonyl (C=O) groups excluding carboxylic acids is 5. The Morgan fingerprint density at radius 1 is 0.596 bits per heavy atom. The number of hydrogen-bond donors (Lipinski definition) is 0. The fourth-order valence-corrected chi connectivity index (χ4v) is 3.95. The highest BCUT2D eigenvalue weighted by atomic mass is 16.6. The van der Waals surface area contributed by atoms with Crippen molar-refractivity contribution in [3.8, 4) is 12.1 Å². The molecule has 0 aliphatic heterocycles. The molecule has 0 heterocycles. The first-order chi connectivity index (χ1) is 24.7. The Hall–Kier alpha value is -6.67. The Morgan fingerprint density at radius 3 is 1.33 bits per heavy atom. The summed E-state index contributed by atoms with van der Waals surface area (Å²) in [6.45, 7) is 9.61. The number of nitrogens with zero attached hydrogens (tertiary/aromatic N) is 4. The lowest BCUT2D eigenvalue weighted by molar-refractivity contribution is -0.147. The van der Waals surface area contributed by atoms with E-state index < -0.39 is 29.8 Å². The largest absolute Gasteiger partial charge is 0.462 e. The molecule has 0 amide bonds. The average molecular weight is 713 g/mol. The first-order valence-corrected chi connectivity index (χ1v) is 15.8. The number of likely N-dealkylation sites (N-methyl/N-ethyl adjacent to an activating group) is 2. The molecule has 2 aromatic rings. The van der Waals surface area contributed by atoms with Crippen LogP contribution in [-0.2, 0) is 47.7 Å². The molecule has 272 valence electrons. The van der Waals surface area contributed by atoms with Gasteiger partial charge in [0.2, 0.25) is 0 Å². The van der Waals surface area contributed by atoms with Crippen LogP contribution >= 0.6 is 0 Å². The molecule has 0 unspecified atom stereocenters. The van der Waals surface area contributed by atoms with Gasteiger partial charge in [-0.05, 0) is 61.4 Å². The second-order valence-corrected chi connectivity index (χ2v) is 11.1. The van der Waals surface area contributed by atoms with Crippen LogP contribution in [0.4, 0.5) is 11.4 Å². The van der Waals surface area contributed by atoms with E-state index in [2.05, 4.69) is 13.2 Å². The summed E-state index contributed by atoms with van der Waals surface area (Å²) in [5, 5.41) is 18.8. The smallest absolute Gasteiger partial charge is 0.349 e. The molecule has 0 aromatic heterocycles. The fourth-order valence-electron chi connectivity index (χ4n) is 3.95. The third-order valence-electron chi connectivity index (χ3n) is 6.82. The first-order valence-electron chi connectivity index (χ1n) is 15.8. The second-order valence-electron chi connectivity index (χ2n) is 11.1. The van der Waals surface area contributed by atoms with Crippen LogP contribution in [0.25, 0.3) is 12.2 Å². The van der Waals surface area contributed by atoms with Gasteiger partial charge in [-0.25, -0.2) is 19.2 Å². The number of benzene rings is 2. The number of anilines is 2. The molecular weight excluding hydrogens is 672 g/mol. The Labute approximate surface area is 302 Å². The van der Waals surface area contributed by atoms with E-state index in [0.717, 1.165) is 5.69 Å². The molecule has 52 heavy (non-hydrogen) atoms. The van der Waals surface area contributed by atoms with Crippen molar-refractivity contribution in [1.82, 2.24) is 0 Å². The van der Waals surface area contributed by atoms with E-state index in [4.69, 9.17) is 23.7 Å². The van der Waals surface area contributed by atoms with Gasteiger partial charge in [0.1, 0.15) is 62.9 Å². The van der Waals surface area contributed by atoms with E-state index in [9.17, 15) is 34.5 Å². The van der Waals surface area contributed by atoms with E-state index in [1.165, 1.54) is 26.0 Å². The summed E-state index contributed by atoms with van der Waals surface area (Å²) < 4.78 is 25.1. The van der Waals surface area contributed by atoms with E-state index >= 15 is 0 Å². The zero-order chi connectivity index (χ0) is 38.6. The molecule has 0 aliphatic carbocycles. The summed E-state index contributed by atoms with van der Waals surface area (Å²) in [6.07, 6.45) is 2.74. The van der Waals surface area contributed by atoms with E-state index in [0.29, 0.717) is 23.4 Å². The SMILES string of the molecule is C=C(C)C(=O)OCCOC(=O)/C(C#N)=C/c1ccc(N(C)CCOC(=O)CN(C)c2ccc(/C=C(\C#N)C(=O)OCCOC(=O)C(=C)C)cc2)cc1. The number of esters is 5. The van der Waals surface area contributed by atoms with Gasteiger partial charge in [-0.3, -0.25) is 4.79 Å². The highest BCUT2D eigenvalue weighted by molar-refractivity contribution is 5.98. The van der Waals surface area contributed by atoms with Crippen molar-refractivity contribution >= 4 is 53.4 Å². The molecular formula is C38H40N4O10. The lowest BCUT2D eigenvalue weighted by Gasteiger charge is -2.21. The van der Waals surface area contributed by atoms with Crippen LogP contribution in [0.1, 0.15) is 25.0 Å². The molecule has 0 saturated carbocycles. The van der Waals surface area contributed by atoms with Crippen LogP contribution in [0.15, 0.2) is 84.0 Å². The lowest BCUT2D eigenvalue weighted by Crippen LogP contribution is -2.30. The van der Waals surface area contributed by atoms with Crippen molar-refractivity contribution in [2.75, 3.05) is 70.0 Å². The molecule has 0 saturated heterocycles. The summed E-state index contributed by atoms with van der Waals surface area (Å²) in [6, 6.07) is 17.4. The quantitative estimate of drug-likeness (QED) is 0.0670. The normalized spacial score (nSPS) is 10.8. The molecule has 0 N–H and O–H groups in total. The molecule has 0 radical (unpaired) electrons. The zero-order valence-corrected chi connectivity index (χ0v) is 29.5. The molecule has 0 spiro atoms. The van der Waals surface area contributed by atoms with Crippen LogP contribution in [0.5, 0.6) is 0 Å². The van der Waals surface area contributed by atoms with Crippen molar-refractivity contribution < 1.29 is 47.7 Å². The average Bonchev–Trinajstić information content (AvgIpc) is 3.12. The Morgan fingerprint density at radius 2 is 0.962 bits per heavy atom. The van der Waals surface area contributed by atoms with Crippen LogP contribution < -0.4 is 9.80 Å². The lowest BCUT2D eigenvalue weighted by atomic mass is 10.1. The maximum atomic E-state index is 12.5. The predicted molar refractivity (Wildman–Crippen MR) is 191 cm³/mol. The van der Waals surface area contributed by atoms with E-state index in [1.54, 1.807) is 72.6 Å². The van der Waals surface area contributed by atoms with Crippen LogP contribution in [-0.4, -0.2) is 90.1 Å². The fraction of sp³-hybridized carbons (Fsp3) is 0.289.